The second-order valence-corrected chi connectivity index (χ2v) is 5.06. The predicted molar refractivity (Wildman–Crippen MR) is 76.6 cm³/mol. The normalized spacial score (nSPS) is 17.3. The second kappa shape index (κ2) is 7.32. The number of pyridine rings is 1. The Hall–Kier alpha value is -1.15. The van der Waals surface area contributed by atoms with Crippen molar-refractivity contribution in [3.63, 3.8) is 0 Å². The van der Waals surface area contributed by atoms with Crippen molar-refractivity contribution in [2.45, 2.75) is 51.5 Å². The maximum absolute atomic E-state index is 4.45. The van der Waals surface area contributed by atoms with E-state index in [1.54, 1.807) is 5.57 Å². The third-order valence-electron chi connectivity index (χ3n) is 3.55. The molecule has 2 nitrogen and oxygen atoms in total. The van der Waals surface area contributed by atoms with Crippen LogP contribution in [0.3, 0.4) is 0 Å². The molecule has 1 aromatic heterocycles. The largest absolute Gasteiger partial charge is 0.310 e. The topological polar surface area (TPSA) is 24.9 Å². The van der Waals surface area contributed by atoms with Crippen LogP contribution in [0.2, 0.25) is 0 Å². The fraction of sp³-hybridized carbons (Fsp3) is 0.562. The molecule has 1 aromatic rings. The molecule has 0 spiro atoms. The summed E-state index contributed by atoms with van der Waals surface area (Å²) < 4.78 is 0. The number of aromatic nitrogens is 1. The van der Waals surface area contributed by atoms with E-state index in [1.807, 2.05) is 12.3 Å². The van der Waals surface area contributed by atoms with Crippen LogP contribution < -0.4 is 5.32 Å². The van der Waals surface area contributed by atoms with Crippen molar-refractivity contribution in [1.82, 2.24) is 10.3 Å². The van der Waals surface area contributed by atoms with Gasteiger partial charge in [0.15, 0.2) is 0 Å². The third kappa shape index (κ3) is 3.95. The molecular formula is C16H24N2. The Kier molecular flexibility index (Phi) is 5.40. The average molecular weight is 244 g/mol. The van der Waals surface area contributed by atoms with E-state index in [9.17, 15) is 0 Å². The summed E-state index contributed by atoms with van der Waals surface area (Å²) in [4.78, 5) is 4.45. The summed E-state index contributed by atoms with van der Waals surface area (Å²) in [5, 5.41) is 3.68. The second-order valence-electron chi connectivity index (χ2n) is 5.06. The van der Waals surface area contributed by atoms with E-state index < -0.39 is 0 Å². The summed E-state index contributed by atoms with van der Waals surface area (Å²) in [6.07, 6.45) is 11.8. The van der Waals surface area contributed by atoms with E-state index in [1.165, 1.54) is 37.8 Å². The Morgan fingerprint density at radius 2 is 2.28 bits per heavy atom. The summed E-state index contributed by atoms with van der Waals surface area (Å²) in [5.74, 6) is 0. The molecule has 1 heterocycles. The molecule has 1 aliphatic carbocycles. The van der Waals surface area contributed by atoms with Crippen molar-refractivity contribution >= 4 is 0 Å². The smallest absolute Gasteiger partial charge is 0.0422 e. The lowest BCUT2D eigenvalue weighted by molar-refractivity contribution is 0.522. The minimum absolute atomic E-state index is 0.486. The lowest BCUT2D eigenvalue weighted by Crippen LogP contribution is -2.34. The van der Waals surface area contributed by atoms with Crippen LogP contribution in [-0.4, -0.2) is 17.6 Å². The Bertz CT molecular complexity index is 370. The standard InChI is InChI=1S/C16H24N2/c1-2-11-18-16(14-8-4-3-5-9-14)13-15-10-6-7-12-17-15/h6-8,10,12,16,18H,2-5,9,11,13H2,1H3. The number of nitrogens with zero attached hydrogens (tertiary/aromatic N) is 1. The summed E-state index contributed by atoms with van der Waals surface area (Å²) in [5.41, 5.74) is 2.79. The fourth-order valence-electron chi connectivity index (χ4n) is 2.56. The zero-order valence-corrected chi connectivity index (χ0v) is 11.4. The molecule has 0 fully saturated rings. The highest BCUT2D eigenvalue weighted by molar-refractivity contribution is 5.17. The molecule has 1 aliphatic rings. The number of hydrogen-bond donors (Lipinski definition) is 1. The van der Waals surface area contributed by atoms with E-state index in [0.29, 0.717) is 6.04 Å². The average Bonchev–Trinajstić information content (AvgIpc) is 2.45. The lowest BCUT2D eigenvalue weighted by Gasteiger charge is -2.24. The molecule has 0 amide bonds. The molecule has 0 radical (unpaired) electrons. The predicted octanol–water partition coefficient (Wildman–Crippen LogP) is 3.49. The van der Waals surface area contributed by atoms with Gasteiger partial charge in [0.25, 0.3) is 0 Å². The molecule has 0 saturated heterocycles. The SMILES string of the molecule is CCCNC(Cc1ccccn1)C1=CCCCC1. The van der Waals surface area contributed by atoms with Crippen LogP contribution >= 0.6 is 0 Å². The van der Waals surface area contributed by atoms with Crippen molar-refractivity contribution in [2.24, 2.45) is 0 Å². The first-order valence-corrected chi connectivity index (χ1v) is 7.22. The van der Waals surface area contributed by atoms with Crippen molar-refractivity contribution in [3.8, 4) is 0 Å². The summed E-state index contributed by atoms with van der Waals surface area (Å²) >= 11 is 0. The molecular weight excluding hydrogens is 220 g/mol. The van der Waals surface area contributed by atoms with Gasteiger partial charge in [0, 0.05) is 24.4 Å². The maximum Gasteiger partial charge on any atom is 0.0422 e. The highest BCUT2D eigenvalue weighted by Gasteiger charge is 2.16. The molecule has 0 aromatic carbocycles. The van der Waals surface area contributed by atoms with Crippen LogP contribution in [0.15, 0.2) is 36.0 Å². The van der Waals surface area contributed by atoms with Gasteiger partial charge < -0.3 is 5.32 Å². The van der Waals surface area contributed by atoms with Gasteiger partial charge in [-0.2, -0.15) is 0 Å². The van der Waals surface area contributed by atoms with E-state index in [2.05, 4.69) is 35.4 Å². The Morgan fingerprint density at radius 1 is 1.33 bits per heavy atom. The van der Waals surface area contributed by atoms with Gasteiger partial charge in [0.2, 0.25) is 0 Å². The van der Waals surface area contributed by atoms with E-state index >= 15 is 0 Å². The Morgan fingerprint density at radius 3 is 2.94 bits per heavy atom. The van der Waals surface area contributed by atoms with Crippen LogP contribution in [0.5, 0.6) is 0 Å². The van der Waals surface area contributed by atoms with Gasteiger partial charge in [0.05, 0.1) is 0 Å². The van der Waals surface area contributed by atoms with Crippen molar-refractivity contribution in [1.29, 1.82) is 0 Å². The minimum Gasteiger partial charge on any atom is -0.310 e. The molecule has 1 unspecified atom stereocenters. The summed E-state index contributed by atoms with van der Waals surface area (Å²) in [7, 11) is 0. The van der Waals surface area contributed by atoms with Gasteiger partial charge in [-0.3, -0.25) is 4.98 Å². The fourth-order valence-corrected chi connectivity index (χ4v) is 2.56. The van der Waals surface area contributed by atoms with Crippen molar-refractivity contribution in [3.05, 3.63) is 41.7 Å². The highest BCUT2D eigenvalue weighted by atomic mass is 14.9. The molecule has 98 valence electrons. The molecule has 2 rings (SSSR count). The monoisotopic (exact) mass is 244 g/mol. The number of allylic oxidation sites excluding steroid dienone is 1. The maximum atomic E-state index is 4.45. The van der Waals surface area contributed by atoms with Gasteiger partial charge in [-0.05, 0) is 50.8 Å². The van der Waals surface area contributed by atoms with Crippen molar-refractivity contribution < 1.29 is 0 Å². The van der Waals surface area contributed by atoms with Gasteiger partial charge in [0.1, 0.15) is 0 Å². The molecule has 0 aliphatic heterocycles. The first-order chi connectivity index (χ1) is 8.90. The van der Waals surface area contributed by atoms with Crippen LogP contribution in [0.1, 0.15) is 44.7 Å². The van der Waals surface area contributed by atoms with Crippen LogP contribution in [0.4, 0.5) is 0 Å². The summed E-state index contributed by atoms with van der Waals surface area (Å²) in [6, 6.07) is 6.68. The van der Waals surface area contributed by atoms with E-state index in [4.69, 9.17) is 0 Å². The molecule has 2 heteroatoms. The summed E-state index contributed by atoms with van der Waals surface area (Å²) in [6.45, 7) is 3.31. The number of hydrogen-bond acceptors (Lipinski definition) is 2. The Balaban J connectivity index is 2.02. The molecule has 0 saturated carbocycles. The Labute approximate surface area is 111 Å². The first kappa shape index (κ1) is 13.3. The van der Waals surface area contributed by atoms with Crippen LogP contribution in [-0.2, 0) is 6.42 Å². The van der Waals surface area contributed by atoms with Crippen molar-refractivity contribution in [2.75, 3.05) is 6.54 Å². The van der Waals surface area contributed by atoms with Gasteiger partial charge in [-0.25, -0.2) is 0 Å². The van der Waals surface area contributed by atoms with Crippen LogP contribution in [0, 0.1) is 0 Å². The third-order valence-corrected chi connectivity index (χ3v) is 3.55. The molecule has 18 heavy (non-hydrogen) atoms. The minimum atomic E-state index is 0.486. The highest BCUT2D eigenvalue weighted by Crippen LogP contribution is 2.22. The van der Waals surface area contributed by atoms with Gasteiger partial charge in [-0.1, -0.05) is 24.6 Å². The molecule has 1 N–H and O–H groups in total. The molecule has 1 atom stereocenters. The van der Waals surface area contributed by atoms with E-state index in [0.717, 1.165) is 13.0 Å². The zero-order chi connectivity index (χ0) is 12.6. The quantitative estimate of drug-likeness (QED) is 0.775. The first-order valence-electron chi connectivity index (χ1n) is 7.22. The lowest BCUT2D eigenvalue weighted by atomic mass is 9.91. The van der Waals surface area contributed by atoms with Gasteiger partial charge in [-0.15, -0.1) is 0 Å². The molecule has 0 bridgehead atoms. The number of rotatable bonds is 6. The van der Waals surface area contributed by atoms with E-state index in [-0.39, 0.29) is 0 Å². The number of nitrogens with one attached hydrogen (secondary N) is 1. The van der Waals surface area contributed by atoms with Gasteiger partial charge >= 0.3 is 0 Å². The zero-order valence-electron chi connectivity index (χ0n) is 11.4. The van der Waals surface area contributed by atoms with Crippen LogP contribution in [0.25, 0.3) is 0 Å².